The molecule has 4 rings (SSSR count). The van der Waals surface area contributed by atoms with E-state index in [0.29, 0.717) is 40.1 Å². The zero-order chi connectivity index (χ0) is 36.6. The van der Waals surface area contributed by atoms with Crippen molar-refractivity contribution in [2.24, 2.45) is 0 Å². The lowest BCUT2D eigenvalue weighted by molar-refractivity contribution is -0.130. The average Bonchev–Trinajstić information content (AvgIpc) is 3.01. The van der Waals surface area contributed by atoms with Gasteiger partial charge in [-0.05, 0) is 155 Å². The van der Waals surface area contributed by atoms with Crippen molar-refractivity contribution in [1.29, 1.82) is 0 Å². The van der Waals surface area contributed by atoms with Crippen molar-refractivity contribution in [3.05, 3.63) is 130 Å². The largest absolute Gasteiger partial charge is 0.457 e. The highest BCUT2D eigenvalue weighted by atomic mass is 16.5. The van der Waals surface area contributed by atoms with Gasteiger partial charge >= 0.3 is 11.9 Å². The molecular weight excluding hydrogens is 616 g/mol. The summed E-state index contributed by atoms with van der Waals surface area (Å²) in [6.07, 6.45) is 0. The number of aliphatic hydroxyl groups is 1. The van der Waals surface area contributed by atoms with E-state index < -0.39 is 17.5 Å². The van der Waals surface area contributed by atoms with Gasteiger partial charge in [-0.3, -0.25) is 0 Å². The fraction of sp³-hybridized carbons (Fsp3) is 0.286. The first-order valence-electron chi connectivity index (χ1n) is 16.1. The fourth-order valence-corrected chi connectivity index (χ4v) is 4.72. The minimum Gasteiger partial charge on any atom is -0.457 e. The maximum absolute atomic E-state index is 11.5. The van der Waals surface area contributed by atoms with Crippen LogP contribution in [0, 0.1) is 27.7 Å². The summed E-state index contributed by atoms with van der Waals surface area (Å²) in [6.45, 7) is 26.2. The van der Waals surface area contributed by atoms with E-state index in [1.165, 1.54) is 5.56 Å². The van der Waals surface area contributed by atoms with Crippen LogP contribution in [0.2, 0.25) is 0 Å². The topological polar surface area (TPSA) is 91.3 Å². The minimum atomic E-state index is -0.900. The molecule has 0 aliphatic carbocycles. The van der Waals surface area contributed by atoms with Crippen molar-refractivity contribution in [2.45, 2.75) is 80.8 Å². The number of aryl methyl sites for hydroxylation is 4. The van der Waals surface area contributed by atoms with Crippen molar-refractivity contribution in [3.63, 3.8) is 0 Å². The molecule has 0 atom stereocenters. The van der Waals surface area contributed by atoms with Crippen LogP contribution in [-0.2, 0) is 15.2 Å². The molecule has 0 spiro atoms. The molecule has 258 valence electrons. The van der Waals surface area contributed by atoms with E-state index in [-0.39, 0.29) is 0 Å². The first-order chi connectivity index (χ1) is 22.8. The third kappa shape index (κ3) is 10.9. The molecule has 4 aromatic carbocycles. The minimum absolute atomic E-state index is 0.346. The molecule has 0 saturated carbocycles. The summed E-state index contributed by atoms with van der Waals surface area (Å²) in [7, 11) is 0. The lowest BCUT2D eigenvalue weighted by Gasteiger charge is -2.21. The quantitative estimate of drug-likeness (QED) is 0.102. The van der Waals surface area contributed by atoms with Crippen LogP contribution in [0.1, 0.15) is 80.8 Å². The molecule has 0 amide bonds. The molecule has 7 heteroatoms. The SMILES string of the molecule is C=C(C)C(=O)Oc1ccc(Oc2c(C)cc(C(C)(C)O)cc2C)cc1.C=C(C)C(=O)Oc1ccc(Oc2c(C)cc(C(C)C)cc2C)cc1. The summed E-state index contributed by atoms with van der Waals surface area (Å²) in [6, 6.07) is 22.0. The standard InChI is InChI=1S/C21H24O4.C21H24O3/c1-13(2)20(22)25-18-9-7-17(8-10-18)24-19-14(3)11-16(12-15(19)4)21(5,6)23;1-13(2)17-11-15(5)20(16(6)12-17)23-18-7-9-19(10-8-18)24-21(22)14(3)4/h7-12,23H,1H2,2-6H3;7-13H,3H2,1-2,4-6H3. The Bertz CT molecular complexity index is 1780. The van der Waals surface area contributed by atoms with E-state index in [9.17, 15) is 14.7 Å². The Balaban J connectivity index is 0.000000266. The summed E-state index contributed by atoms with van der Waals surface area (Å²) in [5, 5.41) is 10.2. The van der Waals surface area contributed by atoms with Gasteiger partial charge in [0.25, 0.3) is 0 Å². The van der Waals surface area contributed by atoms with Crippen molar-refractivity contribution in [1.82, 2.24) is 0 Å². The molecule has 7 nitrogen and oxygen atoms in total. The lowest BCUT2D eigenvalue weighted by atomic mass is 9.94. The fourth-order valence-electron chi connectivity index (χ4n) is 4.72. The predicted molar refractivity (Wildman–Crippen MR) is 195 cm³/mol. The number of esters is 2. The normalized spacial score (nSPS) is 10.9. The first kappa shape index (κ1) is 38.3. The van der Waals surface area contributed by atoms with Gasteiger partial charge in [0.2, 0.25) is 0 Å². The van der Waals surface area contributed by atoms with Gasteiger partial charge in [0.15, 0.2) is 0 Å². The highest BCUT2D eigenvalue weighted by Crippen LogP contribution is 2.34. The zero-order valence-electron chi connectivity index (χ0n) is 30.3. The van der Waals surface area contributed by atoms with Crippen LogP contribution in [0.5, 0.6) is 34.5 Å². The van der Waals surface area contributed by atoms with Gasteiger partial charge in [0.05, 0.1) is 5.60 Å². The van der Waals surface area contributed by atoms with Gasteiger partial charge in [0, 0.05) is 11.1 Å². The summed E-state index contributed by atoms with van der Waals surface area (Å²) >= 11 is 0. The average molecular weight is 665 g/mol. The molecule has 0 fully saturated rings. The molecular formula is C42H48O7. The Hall–Kier alpha value is -5.14. The summed E-state index contributed by atoms with van der Waals surface area (Å²) in [5.41, 5.74) is 6.06. The second-order valence-corrected chi connectivity index (χ2v) is 13.1. The number of ether oxygens (including phenoxy) is 4. The second-order valence-electron chi connectivity index (χ2n) is 13.1. The molecule has 4 aromatic rings. The molecule has 0 heterocycles. The van der Waals surface area contributed by atoms with Crippen molar-refractivity contribution in [3.8, 4) is 34.5 Å². The smallest absolute Gasteiger partial charge is 0.338 e. The number of benzene rings is 4. The maximum atomic E-state index is 11.5. The Morgan fingerprint density at radius 1 is 0.612 bits per heavy atom. The second kappa shape index (κ2) is 16.3. The summed E-state index contributed by atoms with van der Waals surface area (Å²) in [4.78, 5) is 23.0. The van der Waals surface area contributed by atoms with Crippen LogP contribution < -0.4 is 18.9 Å². The Kier molecular flexibility index (Phi) is 12.8. The van der Waals surface area contributed by atoms with Gasteiger partial charge in [-0.2, -0.15) is 0 Å². The Morgan fingerprint density at radius 2 is 0.918 bits per heavy atom. The number of hydrogen-bond donors (Lipinski definition) is 1. The highest BCUT2D eigenvalue weighted by Gasteiger charge is 2.19. The molecule has 0 aliphatic heterocycles. The third-order valence-electron chi connectivity index (χ3n) is 7.52. The van der Waals surface area contributed by atoms with E-state index in [2.05, 4.69) is 53.0 Å². The van der Waals surface area contributed by atoms with Crippen molar-refractivity contribution < 1.29 is 33.6 Å². The number of rotatable bonds is 10. The van der Waals surface area contributed by atoms with Crippen LogP contribution in [0.15, 0.2) is 97.1 Å². The van der Waals surface area contributed by atoms with Gasteiger partial charge in [-0.15, -0.1) is 0 Å². The zero-order valence-corrected chi connectivity index (χ0v) is 30.3. The van der Waals surface area contributed by atoms with Crippen molar-refractivity contribution in [2.75, 3.05) is 0 Å². The maximum Gasteiger partial charge on any atom is 0.338 e. The van der Waals surface area contributed by atoms with Crippen LogP contribution >= 0.6 is 0 Å². The van der Waals surface area contributed by atoms with Gasteiger partial charge in [0.1, 0.15) is 34.5 Å². The van der Waals surface area contributed by atoms with E-state index in [1.54, 1.807) is 76.2 Å². The molecule has 0 unspecified atom stereocenters. The molecule has 0 saturated heterocycles. The van der Waals surface area contributed by atoms with E-state index >= 15 is 0 Å². The molecule has 0 aromatic heterocycles. The van der Waals surface area contributed by atoms with Gasteiger partial charge in [-0.25, -0.2) is 9.59 Å². The highest BCUT2D eigenvalue weighted by molar-refractivity contribution is 5.89. The third-order valence-corrected chi connectivity index (χ3v) is 7.52. The van der Waals surface area contributed by atoms with Crippen LogP contribution in [0.3, 0.4) is 0 Å². The number of carbonyl (C=O) groups is 2. The van der Waals surface area contributed by atoms with E-state index in [1.807, 2.05) is 26.0 Å². The van der Waals surface area contributed by atoms with Crippen LogP contribution in [0.4, 0.5) is 0 Å². The molecule has 0 aliphatic rings. The molecule has 0 radical (unpaired) electrons. The van der Waals surface area contributed by atoms with E-state index in [4.69, 9.17) is 18.9 Å². The molecule has 0 bridgehead atoms. The Labute approximate surface area is 290 Å². The number of carbonyl (C=O) groups excluding carboxylic acids is 2. The molecule has 1 N–H and O–H groups in total. The van der Waals surface area contributed by atoms with Gasteiger partial charge < -0.3 is 24.1 Å². The van der Waals surface area contributed by atoms with Crippen LogP contribution in [-0.4, -0.2) is 17.0 Å². The van der Waals surface area contributed by atoms with Crippen LogP contribution in [0.25, 0.3) is 0 Å². The monoisotopic (exact) mass is 664 g/mol. The molecule has 49 heavy (non-hydrogen) atoms. The van der Waals surface area contributed by atoms with Gasteiger partial charge in [-0.1, -0.05) is 39.1 Å². The predicted octanol–water partition coefficient (Wildman–Crippen LogP) is 10.5. The lowest BCUT2D eigenvalue weighted by Crippen LogP contribution is -2.16. The summed E-state index contributed by atoms with van der Waals surface area (Å²) < 4.78 is 22.3. The van der Waals surface area contributed by atoms with Crippen molar-refractivity contribution >= 4 is 11.9 Å². The number of hydrogen-bond acceptors (Lipinski definition) is 7. The van der Waals surface area contributed by atoms with E-state index in [0.717, 1.165) is 39.3 Å². The summed E-state index contributed by atoms with van der Waals surface area (Å²) in [5.74, 6) is 3.46. The first-order valence-corrected chi connectivity index (χ1v) is 16.1. The Morgan fingerprint density at radius 3 is 1.20 bits per heavy atom.